The minimum atomic E-state index is -3.84. The first-order chi connectivity index (χ1) is 17.7. The molecule has 0 aliphatic carbocycles. The van der Waals surface area contributed by atoms with Crippen LogP contribution < -0.4 is 5.30 Å². The average molecular weight is 548 g/mol. The summed E-state index contributed by atoms with van der Waals surface area (Å²) in [5.74, 6) is -0.426. The molecule has 0 unspecified atom stereocenters. The molecule has 0 aliphatic rings. The molecule has 0 atom stereocenters. The summed E-state index contributed by atoms with van der Waals surface area (Å²) >= 11 is 0. The van der Waals surface area contributed by atoms with Crippen molar-refractivity contribution in [3.63, 3.8) is 0 Å². The van der Waals surface area contributed by atoms with E-state index in [2.05, 4.69) is 5.10 Å². The Labute approximate surface area is 219 Å². The first-order valence-electron chi connectivity index (χ1n) is 12.4. The fourth-order valence-corrected chi connectivity index (χ4v) is 7.37. The van der Waals surface area contributed by atoms with Gasteiger partial charge in [0.1, 0.15) is 0 Å². The lowest BCUT2D eigenvalue weighted by molar-refractivity contribution is 0.103. The molecule has 11 heteroatoms. The molecule has 3 rings (SSSR count). The zero-order valence-corrected chi connectivity index (χ0v) is 23.4. The molecule has 37 heavy (non-hydrogen) atoms. The van der Waals surface area contributed by atoms with Gasteiger partial charge in [-0.05, 0) is 75.2 Å². The van der Waals surface area contributed by atoms with E-state index in [4.69, 9.17) is 9.05 Å². The number of carbonyl (C=O) groups is 1. The number of benzene rings is 2. The second-order valence-electron chi connectivity index (χ2n) is 8.24. The highest BCUT2D eigenvalue weighted by Crippen LogP contribution is 2.48. The molecule has 0 spiro atoms. The van der Waals surface area contributed by atoms with Crippen LogP contribution in [-0.2, 0) is 23.6 Å². The van der Waals surface area contributed by atoms with Crippen LogP contribution in [-0.4, -0.2) is 54.6 Å². The lowest BCUT2D eigenvalue weighted by Gasteiger charge is -2.21. The summed E-state index contributed by atoms with van der Waals surface area (Å²) in [4.78, 5) is 13.7. The van der Waals surface area contributed by atoms with Crippen molar-refractivity contribution in [2.45, 2.75) is 45.4 Å². The molecule has 0 fully saturated rings. The van der Waals surface area contributed by atoms with Crippen LogP contribution in [0.15, 0.2) is 65.8 Å². The second kappa shape index (κ2) is 12.8. The van der Waals surface area contributed by atoms with Crippen LogP contribution in [0, 0.1) is 0 Å². The van der Waals surface area contributed by atoms with Crippen molar-refractivity contribution in [2.75, 3.05) is 26.3 Å². The van der Waals surface area contributed by atoms with Gasteiger partial charge in [-0.25, -0.2) is 13.1 Å². The molecule has 0 aliphatic heterocycles. The molecule has 3 aromatic rings. The molecule has 9 nitrogen and oxygen atoms in total. The van der Waals surface area contributed by atoms with E-state index in [1.165, 1.54) is 28.6 Å². The van der Waals surface area contributed by atoms with E-state index in [0.29, 0.717) is 31.6 Å². The third kappa shape index (κ3) is 6.45. The Morgan fingerprint density at radius 1 is 0.973 bits per heavy atom. The van der Waals surface area contributed by atoms with Crippen LogP contribution in [0.2, 0.25) is 0 Å². The van der Waals surface area contributed by atoms with Gasteiger partial charge < -0.3 is 9.05 Å². The molecule has 0 radical (unpaired) electrons. The molecular weight excluding hydrogens is 513 g/mol. The fraction of sp³-hybridized carbons (Fsp3) is 0.385. The third-order valence-corrected chi connectivity index (χ3v) is 9.66. The largest absolute Gasteiger partial charge is 0.362 e. The Kier molecular flexibility index (Phi) is 9.98. The van der Waals surface area contributed by atoms with Gasteiger partial charge in [0.15, 0.2) is 5.78 Å². The van der Waals surface area contributed by atoms with Gasteiger partial charge in [-0.2, -0.15) is 9.40 Å². The molecule has 200 valence electrons. The van der Waals surface area contributed by atoms with Crippen LogP contribution in [0.25, 0.3) is 5.69 Å². The highest BCUT2D eigenvalue weighted by atomic mass is 32.2. The zero-order chi connectivity index (χ0) is 27.1. The topological polar surface area (TPSA) is 108 Å². The number of aromatic nitrogens is 2. The molecule has 1 aromatic heterocycles. The molecule has 0 N–H and O–H groups in total. The van der Waals surface area contributed by atoms with Crippen molar-refractivity contribution < 1.29 is 26.8 Å². The molecule has 0 bridgehead atoms. The quantitative estimate of drug-likeness (QED) is 0.211. The Morgan fingerprint density at radius 3 is 2.11 bits per heavy atom. The van der Waals surface area contributed by atoms with E-state index in [0.717, 1.165) is 0 Å². The fourth-order valence-electron chi connectivity index (χ4n) is 3.95. The molecule has 0 saturated heterocycles. The van der Waals surface area contributed by atoms with E-state index < -0.39 is 23.4 Å². The highest BCUT2D eigenvalue weighted by Gasteiger charge is 2.33. The maximum atomic E-state index is 13.8. The normalized spacial score (nSPS) is 12.2. The summed E-state index contributed by atoms with van der Waals surface area (Å²) in [6, 6.07) is 12.4. The van der Waals surface area contributed by atoms with Crippen molar-refractivity contribution >= 4 is 28.7 Å². The van der Waals surface area contributed by atoms with Crippen molar-refractivity contribution in [3.05, 3.63) is 72.1 Å². The van der Waals surface area contributed by atoms with Gasteiger partial charge in [0.05, 0.1) is 29.1 Å². The number of carbonyl (C=O) groups excluding carboxylic acids is 1. The summed E-state index contributed by atoms with van der Waals surface area (Å²) < 4.78 is 54.1. The lowest BCUT2D eigenvalue weighted by Crippen LogP contribution is -2.32. The maximum absolute atomic E-state index is 13.8. The van der Waals surface area contributed by atoms with Gasteiger partial charge in [0.25, 0.3) is 0 Å². The summed E-state index contributed by atoms with van der Waals surface area (Å²) in [5.41, 5.74) is 0.990. The van der Waals surface area contributed by atoms with Crippen LogP contribution in [0.1, 0.15) is 56.5 Å². The number of hydrogen-bond donors (Lipinski definition) is 0. The minimum absolute atomic E-state index is 0.120. The number of hydrogen-bond acceptors (Lipinski definition) is 7. The van der Waals surface area contributed by atoms with Gasteiger partial charge in [0, 0.05) is 36.6 Å². The first kappa shape index (κ1) is 28.9. The Bertz CT molecular complexity index is 1330. The van der Waals surface area contributed by atoms with Gasteiger partial charge in [0.2, 0.25) is 10.0 Å². The first-order valence-corrected chi connectivity index (χ1v) is 15.4. The standard InChI is InChI=1S/C26H34N3O6PS/c1-5-17-28(18-6-2)37(32,33)23-13-10-21(11-14-23)26(30)24-15-12-22(29-19-9-16-27-29)20-25(24)36(31,34-7-3)35-8-4/h9-16,19-20H,5-8,17-18H2,1-4H3. The van der Waals surface area contributed by atoms with Crippen LogP contribution in [0.3, 0.4) is 0 Å². The van der Waals surface area contributed by atoms with Crippen molar-refractivity contribution in [1.82, 2.24) is 14.1 Å². The summed E-state index contributed by atoms with van der Waals surface area (Å²) in [6.07, 6.45) is 4.74. The van der Waals surface area contributed by atoms with Gasteiger partial charge in [-0.1, -0.05) is 13.8 Å². The Hall–Kier alpha value is -2.62. The van der Waals surface area contributed by atoms with Crippen molar-refractivity contribution in [2.24, 2.45) is 0 Å². The van der Waals surface area contributed by atoms with E-state index in [1.54, 1.807) is 55.2 Å². The molecule has 2 aromatic carbocycles. The lowest BCUT2D eigenvalue weighted by atomic mass is 10.0. The Morgan fingerprint density at radius 2 is 1.59 bits per heavy atom. The van der Waals surface area contributed by atoms with Gasteiger partial charge in [-0.3, -0.25) is 9.36 Å². The predicted octanol–water partition coefficient (Wildman–Crippen LogP) is 4.81. The molecule has 0 amide bonds. The number of rotatable bonds is 14. The summed E-state index contributed by atoms with van der Waals surface area (Å²) in [7, 11) is -7.52. The third-order valence-electron chi connectivity index (χ3n) is 5.59. The predicted molar refractivity (Wildman–Crippen MR) is 143 cm³/mol. The Balaban J connectivity index is 2.05. The second-order valence-corrected chi connectivity index (χ2v) is 12.2. The van der Waals surface area contributed by atoms with E-state index in [9.17, 15) is 17.8 Å². The van der Waals surface area contributed by atoms with Gasteiger partial charge >= 0.3 is 7.60 Å². The van der Waals surface area contributed by atoms with Crippen LogP contribution in [0.4, 0.5) is 0 Å². The highest BCUT2D eigenvalue weighted by molar-refractivity contribution is 7.89. The number of sulfonamides is 1. The summed E-state index contributed by atoms with van der Waals surface area (Å²) in [5, 5.41) is 4.33. The van der Waals surface area contributed by atoms with Crippen molar-refractivity contribution in [1.29, 1.82) is 0 Å². The number of nitrogens with zero attached hydrogens (tertiary/aromatic N) is 3. The minimum Gasteiger partial charge on any atom is -0.305 e. The van der Waals surface area contributed by atoms with E-state index >= 15 is 0 Å². The van der Waals surface area contributed by atoms with Crippen molar-refractivity contribution in [3.8, 4) is 5.69 Å². The zero-order valence-electron chi connectivity index (χ0n) is 21.7. The SMILES string of the molecule is CCCN(CCC)S(=O)(=O)c1ccc(C(=O)c2ccc(-n3cccn3)cc2P(=O)(OCC)OCC)cc1. The maximum Gasteiger partial charge on any atom is 0.362 e. The van der Waals surface area contributed by atoms with Gasteiger partial charge in [-0.15, -0.1) is 0 Å². The summed E-state index contributed by atoms with van der Waals surface area (Å²) in [6.45, 7) is 8.34. The average Bonchev–Trinajstić information content (AvgIpc) is 3.43. The van der Waals surface area contributed by atoms with E-state index in [-0.39, 0.29) is 34.5 Å². The molecular formula is C26H34N3O6PS. The van der Waals surface area contributed by atoms with E-state index in [1.807, 2.05) is 13.8 Å². The monoisotopic (exact) mass is 547 g/mol. The van der Waals surface area contributed by atoms with Crippen LogP contribution in [0.5, 0.6) is 0 Å². The molecule has 1 heterocycles. The number of ketones is 1. The molecule has 0 saturated carbocycles. The van der Waals surface area contributed by atoms with Crippen LogP contribution >= 0.6 is 7.60 Å². The smallest absolute Gasteiger partial charge is 0.305 e.